The maximum Gasteiger partial charge on any atom is 0.0591 e. The van der Waals surface area contributed by atoms with E-state index in [1.165, 1.54) is 44.9 Å². The second kappa shape index (κ2) is 4.99. The fourth-order valence-corrected chi connectivity index (χ4v) is 2.30. The Bertz CT molecular complexity index is 129. The molecule has 0 atom stereocenters. The van der Waals surface area contributed by atoms with Gasteiger partial charge in [-0.3, -0.25) is 0 Å². The molecule has 1 rings (SSSR count). The van der Waals surface area contributed by atoms with Gasteiger partial charge in [-0.05, 0) is 26.2 Å². The second-order valence-electron chi connectivity index (χ2n) is 5.21. The van der Waals surface area contributed by atoms with Crippen molar-refractivity contribution in [2.75, 3.05) is 0 Å². The van der Waals surface area contributed by atoms with E-state index in [-0.39, 0.29) is 0 Å². The smallest absolute Gasteiger partial charge is 0.0591 e. The Morgan fingerprint density at radius 2 is 1.77 bits per heavy atom. The van der Waals surface area contributed by atoms with Crippen molar-refractivity contribution in [1.29, 1.82) is 0 Å². The van der Waals surface area contributed by atoms with Crippen molar-refractivity contribution >= 4 is 0 Å². The first-order valence-electron chi connectivity index (χ1n) is 5.80. The third-order valence-corrected chi connectivity index (χ3v) is 3.13. The molecule has 0 aromatic carbocycles. The van der Waals surface area contributed by atoms with E-state index < -0.39 is 5.60 Å². The summed E-state index contributed by atoms with van der Waals surface area (Å²) in [5.74, 6) is 0.969. The maximum absolute atomic E-state index is 9.55. The third kappa shape index (κ3) is 5.30. The molecule has 0 aliphatic heterocycles. The molecule has 0 saturated heterocycles. The van der Waals surface area contributed by atoms with Gasteiger partial charge in [0.05, 0.1) is 5.60 Å². The number of aliphatic hydroxyl groups is 1. The van der Waals surface area contributed by atoms with Crippen molar-refractivity contribution in [2.45, 2.75) is 70.8 Å². The molecule has 1 saturated carbocycles. The van der Waals surface area contributed by atoms with Crippen molar-refractivity contribution in [1.82, 2.24) is 0 Å². The summed E-state index contributed by atoms with van der Waals surface area (Å²) in [6.07, 6.45) is 10.7. The molecule has 0 aromatic heterocycles. The van der Waals surface area contributed by atoms with E-state index in [9.17, 15) is 5.11 Å². The summed E-state index contributed by atoms with van der Waals surface area (Å²) in [4.78, 5) is 0. The number of hydrogen-bond donors (Lipinski definition) is 1. The molecular formula is C12H24O. The third-order valence-electron chi connectivity index (χ3n) is 3.13. The lowest BCUT2D eigenvalue weighted by Gasteiger charge is -2.23. The summed E-state index contributed by atoms with van der Waals surface area (Å²) >= 11 is 0. The average Bonchev–Trinajstić information content (AvgIpc) is 2.04. The zero-order chi connectivity index (χ0) is 9.73. The summed E-state index contributed by atoms with van der Waals surface area (Å²) in [6.45, 7) is 3.82. The minimum atomic E-state index is -0.450. The fourth-order valence-electron chi connectivity index (χ4n) is 2.30. The van der Waals surface area contributed by atoms with E-state index in [1.54, 1.807) is 0 Å². The van der Waals surface area contributed by atoms with Gasteiger partial charge >= 0.3 is 0 Å². The molecule has 78 valence electrons. The van der Waals surface area contributed by atoms with E-state index in [1.807, 2.05) is 13.8 Å². The van der Waals surface area contributed by atoms with E-state index >= 15 is 0 Å². The first-order chi connectivity index (χ1) is 6.08. The quantitative estimate of drug-likeness (QED) is 0.709. The van der Waals surface area contributed by atoms with Crippen LogP contribution in [0.3, 0.4) is 0 Å². The zero-order valence-electron chi connectivity index (χ0n) is 9.18. The van der Waals surface area contributed by atoms with Gasteiger partial charge in [-0.15, -0.1) is 0 Å². The molecule has 0 unspecified atom stereocenters. The van der Waals surface area contributed by atoms with Crippen LogP contribution in [0.2, 0.25) is 0 Å². The molecule has 1 fully saturated rings. The lowest BCUT2D eigenvalue weighted by atomic mass is 9.85. The molecule has 1 heteroatoms. The molecule has 0 amide bonds. The molecule has 1 N–H and O–H groups in total. The van der Waals surface area contributed by atoms with Crippen molar-refractivity contribution in [2.24, 2.45) is 5.92 Å². The lowest BCUT2D eigenvalue weighted by molar-refractivity contribution is 0.0661. The number of rotatable bonds is 4. The van der Waals surface area contributed by atoms with Gasteiger partial charge in [0.25, 0.3) is 0 Å². The van der Waals surface area contributed by atoms with Crippen LogP contribution in [-0.4, -0.2) is 10.7 Å². The average molecular weight is 184 g/mol. The highest BCUT2D eigenvalue weighted by molar-refractivity contribution is 4.69. The number of hydrogen-bond acceptors (Lipinski definition) is 1. The van der Waals surface area contributed by atoms with Gasteiger partial charge in [0.2, 0.25) is 0 Å². The SMILES string of the molecule is CC(C)(O)CCCC1CCCCC1. The molecule has 0 spiro atoms. The summed E-state index contributed by atoms with van der Waals surface area (Å²) in [5, 5.41) is 9.55. The predicted molar refractivity (Wildman–Crippen MR) is 56.7 cm³/mol. The molecule has 0 radical (unpaired) electrons. The van der Waals surface area contributed by atoms with Gasteiger partial charge in [-0.2, -0.15) is 0 Å². The molecule has 0 bridgehead atoms. The van der Waals surface area contributed by atoms with Gasteiger partial charge < -0.3 is 5.11 Å². The summed E-state index contributed by atoms with van der Waals surface area (Å²) in [7, 11) is 0. The largest absolute Gasteiger partial charge is 0.390 e. The molecule has 0 heterocycles. The fraction of sp³-hybridized carbons (Fsp3) is 1.00. The Balaban J connectivity index is 2.04. The van der Waals surface area contributed by atoms with E-state index in [2.05, 4.69) is 0 Å². The van der Waals surface area contributed by atoms with Gasteiger partial charge in [0.15, 0.2) is 0 Å². The van der Waals surface area contributed by atoms with Crippen LogP contribution < -0.4 is 0 Å². The van der Waals surface area contributed by atoms with Crippen LogP contribution in [0.15, 0.2) is 0 Å². The molecule has 1 aliphatic rings. The highest BCUT2D eigenvalue weighted by Gasteiger charge is 2.16. The van der Waals surface area contributed by atoms with Crippen LogP contribution in [0.5, 0.6) is 0 Å². The summed E-state index contributed by atoms with van der Waals surface area (Å²) in [5.41, 5.74) is -0.450. The molecule has 1 nitrogen and oxygen atoms in total. The van der Waals surface area contributed by atoms with Gasteiger partial charge in [-0.1, -0.05) is 44.9 Å². The van der Waals surface area contributed by atoms with Crippen molar-refractivity contribution in [3.05, 3.63) is 0 Å². The summed E-state index contributed by atoms with van der Waals surface area (Å²) in [6, 6.07) is 0. The van der Waals surface area contributed by atoms with Gasteiger partial charge in [0.1, 0.15) is 0 Å². The van der Waals surface area contributed by atoms with Crippen LogP contribution in [0.1, 0.15) is 65.2 Å². The van der Waals surface area contributed by atoms with Gasteiger partial charge in [0, 0.05) is 0 Å². The Morgan fingerprint density at radius 3 is 2.31 bits per heavy atom. The Hall–Kier alpha value is -0.0400. The lowest BCUT2D eigenvalue weighted by Crippen LogP contribution is -2.18. The second-order valence-corrected chi connectivity index (χ2v) is 5.21. The van der Waals surface area contributed by atoms with Crippen molar-refractivity contribution in [3.63, 3.8) is 0 Å². The molecule has 0 aromatic rings. The topological polar surface area (TPSA) is 20.2 Å². The maximum atomic E-state index is 9.55. The van der Waals surface area contributed by atoms with E-state index in [0.29, 0.717) is 0 Å². The highest BCUT2D eigenvalue weighted by Crippen LogP contribution is 2.28. The minimum absolute atomic E-state index is 0.450. The van der Waals surface area contributed by atoms with E-state index in [0.717, 1.165) is 12.3 Å². The molecular weight excluding hydrogens is 160 g/mol. The van der Waals surface area contributed by atoms with Crippen LogP contribution in [-0.2, 0) is 0 Å². The first-order valence-corrected chi connectivity index (χ1v) is 5.80. The normalized spacial score (nSPS) is 20.5. The Kier molecular flexibility index (Phi) is 4.24. The van der Waals surface area contributed by atoms with Gasteiger partial charge in [-0.25, -0.2) is 0 Å². The van der Waals surface area contributed by atoms with Crippen molar-refractivity contribution < 1.29 is 5.11 Å². The molecule has 13 heavy (non-hydrogen) atoms. The van der Waals surface area contributed by atoms with Crippen molar-refractivity contribution in [3.8, 4) is 0 Å². The monoisotopic (exact) mass is 184 g/mol. The predicted octanol–water partition coefficient (Wildman–Crippen LogP) is 3.51. The van der Waals surface area contributed by atoms with Crippen LogP contribution in [0.4, 0.5) is 0 Å². The molecule has 1 aliphatic carbocycles. The highest BCUT2D eigenvalue weighted by atomic mass is 16.3. The Labute approximate surface area is 82.5 Å². The minimum Gasteiger partial charge on any atom is -0.390 e. The standard InChI is InChI=1S/C12H24O/c1-12(2,13)10-6-9-11-7-4-3-5-8-11/h11,13H,3-10H2,1-2H3. The zero-order valence-corrected chi connectivity index (χ0v) is 9.18. The van der Waals surface area contributed by atoms with Crippen LogP contribution in [0.25, 0.3) is 0 Å². The van der Waals surface area contributed by atoms with E-state index in [4.69, 9.17) is 0 Å². The summed E-state index contributed by atoms with van der Waals surface area (Å²) < 4.78 is 0. The van der Waals surface area contributed by atoms with Crippen LogP contribution in [0, 0.1) is 5.92 Å². The first kappa shape index (κ1) is 11.0. The Morgan fingerprint density at radius 1 is 1.15 bits per heavy atom. The van der Waals surface area contributed by atoms with Crippen LogP contribution >= 0.6 is 0 Å².